The lowest BCUT2D eigenvalue weighted by Gasteiger charge is -2.34. The van der Waals surface area contributed by atoms with Crippen LogP contribution < -0.4 is 5.32 Å². The van der Waals surface area contributed by atoms with Crippen molar-refractivity contribution in [3.05, 3.63) is 33.8 Å². The van der Waals surface area contributed by atoms with Crippen molar-refractivity contribution in [2.24, 2.45) is 5.41 Å². The summed E-state index contributed by atoms with van der Waals surface area (Å²) in [5, 5.41) is 4.89. The highest BCUT2D eigenvalue weighted by Gasteiger charge is 2.27. The molecule has 1 rings (SSSR count). The Morgan fingerprint density at radius 3 is 2.44 bits per heavy atom. The molecule has 0 saturated heterocycles. The maximum atomic E-state index is 6.27. The SMILES string of the molecule is CCNC(Cc1cccc(Cl)c1Cl)C(C)(C)CC. The number of hydrogen-bond donors (Lipinski definition) is 1. The average molecular weight is 288 g/mol. The molecule has 0 aliphatic carbocycles. The molecule has 0 bridgehead atoms. The van der Waals surface area contributed by atoms with Gasteiger partial charge >= 0.3 is 0 Å². The number of likely N-dealkylation sites (N-methyl/N-ethyl adjacent to an activating group) is 1. The summed E-state index contributed by atoms with van der Waals surface area (Å²) in [5.74, 6) is 0. The van der Waals surface area contributed by atoms with Crippen LogP contribution in [-0.4, -0.2) is 12.6 Å². The lowest BCUT2D eigenvalue weighted by Crippen LogP contribution is -2.43. The molecule has 102 valence electrons. The van der Waals surface area contributed by atoms with Crippen LogP contribution >= 0.6 is 23.2 Å². The normalized spacial score (nSPS) is 13.7. The topological polar surface area (TPSA) is 12.0 Å². The molecule has 0 radical (unpaired) electrons. The van der Waals surface area contributed by atoms with Crippen LogP contribution in [0.3, 0.4) is 0 Å². The fourth-order valence-corrected chi connectivity index (χ4v) is 2.44. The predicted molar refractivity (Wildman–Crippen MR) is 81.7 cm³/mol. The molecule has 3 heteroatoms. The third-order valence-corrected chi connectivity index (χ3v) is 4.62. The Hall–Kier alpha value is -0.240. The van der Waals surface area contributed by atoms with E-state index in [-0.39, 0.29) is 5.41 Å². The van der Waals surface area contributed by atoms with E-state index in [1.54, 1.807) is 0 Å². The van der Waals surface area contributed by atoms with Gasteiger partial charge in [0.25, 0.3) is 0 Å². The molecule has 1 aromatic carbocycles. The van der Waals surface area contributed by atoms with Crippen LogP contribution in [0.4, 0.5) is 0 Å². The van der Waals surface area contributed by atoms with Crippen LogP contribution in [0.25, 0.3) is 0 Å². The molecule has 0 heterocycles. The van der Waals surface area contributed by atoms with Crippen LogP contribution in [-0.2, 0) is 6.42 Å². The van der Waals surface area contributed by atoms with Crippen molar-refractivity contribution in [2.75, 3.05) is 6.54 Å². The molecule has 0 aromatic heterocycles. The van der Waals surface area contributed by atoms with Crippen molar-refractivity contribution in [1.29, 1.82) is 0 Å². The molecule has 18 heavy (non-hydrogen) atoms. The van der Waals surface area contributed by atoms with E-state index in [2.05, 4.69) is 39.1 Å². The Morgan fingerprint density at radius 2 is 1.89 bits per heavy atom. The summed E-state index contributed by atoms with van der Waals surface area (Å²) in [5.41, 5.74) is 1.36. The van der Waals surface area contributed by atoms with Crippen LogP contribution in [0.5, 0.6) is 0 Å². The third-order valence-electron chi connectivity index (χ3n) is 3.76. The summed E-state index contributed by atoms with van der Waals surface area (Å²) in [6.07, 6.45) is 2.04. The largest absolute Gasteiger partial charge is 0.313 e. The molecule has 0 aliphatic rings. The van der Waals surface area contributed by atoms with E-state index in [9.17, 15) is 0 Å². The van der Waals surface area contributed by atoms with Gasteiger partial charge in [0.05, 0.1) is 10.0 Å². The van der Waals surface area contributed by atoms with Crippen molar-refractivity contribution < 1.29 is 0 Å². The van der Waals surface area contributed by atoms with Gasteiger partial charge in [-0.25, -0.2) is 0 Å². The molecule has 0 saturated carbocycles. The smallest absolute Gasteiger partial charge is 0.0624 e. The third kappa shape index (κ3) is 3.88. The van der Waals surface area contributed by atoms with Gasteiger partial charge in [-0.3, -0.25) is 0 Å². The van der Waals surface area contributed by atoms with E-state index in [1.807, 2.05) is 12.1 Å². The first-order chi connectivity index (χ1) is 8.42. The fourth-order valence-electron chi connectivity index (χ4n) is 2.04. The maximum Gasteiger partial charge on any atom is 0.0624 e. The number of rotatable bonds is 6. The number of halogens is 2. The van der Waals surface area contributed by atoms with Gasteiger partial charge in [0.1, 0.15) is 0 Å². The summed E-state index contributed by atoms with van der Waals surface area (Å²) in [4.78, 5) is 0. The Morgan fingerprint density at radius 1 is 1.22 bits per heavy atom. The van der Waals surface area contributed by atoms with Gasteiger partial charge in [-0.15, -0.1) is 0 Å². The van der Waals surface area contributed by atoms with Crippen LogP contribution in [0, 0.1) is 5.41 Å². The first kappa shape index (κ1) is 15.8. The second kappa shape index (κ2) is 6.79. The quantitative estimate of drug-likeness (QED) is 0.781. The van der Waals surface area contributed by atoms with Gasteiger partial charge in [-0.1, -0.05) is 63.0 Å². The van der Waals surface area contributed by atoms with Gasteiger partial charge in [0.2, 0.25) is 0 Å². The fraction of sp³-hybridized carbons (Fsp3) is 0.600. The zero-order chi connectivity index (χ0) is 13.8. The van der Waals surface area contributed by atoms with Crippen molar-refractivity contribution >= 4 is 23.2 Å². The number of benzene rings is 1. The minimum absolute atomic E-state index is 0.238. The molecule has 1 unspecified atom stereocenters. The molecule has 1 nitrogen and oxygen atoms in total. The standard InChI is InChI=1S/C15H23Cl2N/c1-5-15(3,4)13(18-6-2)10-11-8-7-9-12(16)14(11)17/h7-9,13,18H,5-6,10H2,1-4H3. The summed E-state index contributed by atoms with van der Waals surface area (Å²) < 4.78 is 0. The Balaban J connectivity index is 2.93. The summed E-state index contributed by atoms with van der Waals surface area (Å²) in [6, 6.07) is 6.26. The monoisotopic (exact) mass is 287 g/mol. The molecule has 1 atom stereocenters. The van der Waals surface area contributed by atoms with Gasteiger partial charge in [-0.05, 0) is 36.4 Å². The van der Waals surface area contributed by atoms with Crippen LogP contribution in [0.1, 0.15) is 39.7 Å². The minimum atomic E-state index is 0.238. The number of hydrogen-bond acceptors (Lipinski definition) is 1. The Bertz CT molecular complexity index is 388. The molecular formula is C15H23Cl2N. The molecule has 0 spiro atoms. The highest BCUT2D eigenvalue weighted by atomic mass is 35.5. The van der Waals surface area contributed by atoms with Crippen molar-refractivity contribution in [3.63, 3.8) is 0 Å². The highest BCUT2D eigenvalue weighted by Crippen LogP contribution is 2.31. The molecule has 0 aliphatic heterocycles. The van der Waals surface area contributed by atoms with Gasteiger partial charge in [0, 0.05) is 6.04 Å². The second-order valence-electron chi connectivity index (χ2n) is 5.37. The zero-order valence-corrected chi connectivity index (χ0v) is 13.2. The van der Waals surface area contributed by atoms with Crippen molar-refractivity contribution in [2.45, 2.75) is 46.6 Å². The molecule has 0 fully saturated rings. The van der Waals surface area contributed by atoms with Crippen LogP contribution in [0.2, 0.25) is 10.0 Å². The van der Waals surface area contributed by atoms with E-state index in [4.69, 9.17) is 23.2 Å². The van der Waals surface area contributed by atoms with Crippen molar-refractivity contribution in [1.82, 2.24) is 5.32 Å². The molecule has 1 aromatic rings. The van der Waals surface area contributed by atoms with Gasteiger partial charge in [-0.2, -0.15) is 0 Å². The van der Waals surface area contributed by atoms with Crippen molar-refractivity contribution in [3.8, 4) is 0 Å². The molecule has 0 amide bonds. The lowest BCUT2D eigenvalue weighted by atomic mass is 9.79. The van der Waals surface area contributed by atoms with Gasteiger partial charge in [0.15, 0.2) is 0 Å². The maximum absolute atomic E-state index is 6.27. The summed E-state index contributed by atoms with van der Waals surface area (Å²) >= 11 is 12.3. The summed E-state index contributed by atoms with van der Waals surface area (Å²) in [7, 11) is 0. The van der Waals surface area contributed by atoms with E-state index < -0.39 is 0 Å². The van der Waals surface area contributed by atoms with E-state index >= 15 is 0 Å². The first-order valence-electron chi connectivity index (χ1n) is 6.58. The molecule has 1 N–H and O–H groups in total. The lowest BCUT2D eigenvalue weighted by molar-refractivity contribution is 0.233. The average Bonchev–Trinajstić information content (AvgIpc) is 2.34. The Labute approximate surface area is 121 Å². The second-order valence-corrected chi connectivity index (χ2v) is 6.15. The highest BCUT2D eigenvalue weighted by molar-refractivity contribution is 6.42. The summed E-state index contributed by atoms with van der Waals surface area (Å²) in [6.45, 7) is 9.91. The van der Waals surface area contributed by atoms with E-state index in [0.29, 0.717) is 16.1 Å². The first-order valence-corrected chi connectivity index (χ1v) is 7.34. The number of nitrogens with one attached hydrogen (secondary N) is 1. The van der Waals surface area contributed by atoms with Gasteiger partial charge < -0.3 is 5.32 Å². The Kier molecular flexibility index (Phi) is 5.97. The van der Waals surface area contributed by atoms with E-state index in [0.717, 1.165) is 24.9 Å². The van der Waals surface area contributed by atoms with Crippen LogP contribution in [0.15, 0.2) is 18.2 Å². The minimum Gasteiger partial charge on any atom is -0.313 e. The molecular weight excluding hydrogens is 265 g/mol. The van der Waals surface area contributed by atoms with E-state index in [1.165, 1.54) is 0 Å². The predicted octanol–water partition coefficient (Wildman–Crippen LogP) is 4.95. The zero-order valence-electron chi connectivity index (χ0n) is 11.7.